The Kier molecular flexibility index (Phi) is 4.33. The van der Waals surface area contributed by atoms with Gasteiger partial charge in [-0.05, 0) is 39.8 Å². The van der Waals surface area contributed by atoms with Crippen LogP contribution in [0.25, 0.3) is 11.0 Å². The summed E-state index contributed by atoms with van der Waals surface area (Å²) in [5.41, 5.74) is 2.09. The fraction of sp³-hybridized carbons (Fsp3) is 0.412. The van der Waals surface area contributed by atoms with Gasteiger partial charge in [-0.3, -0.25) is 9.48 Å². The van der Waals surface area contributed by atoms with E-state index in [-0.39, 0.29) is 18.0 Å². The van der Waals surface area contributed by atoms with Crippen molar-refractivity contribution in [3.8, 4) is 0 Å². The van der Waals surface area contributed by atoms with Gasteiger partial charge in [-0.1, -0.05) is 0 Å². The molecule has 0 aliphatic heterocycles. The summed E-state index contributed by atoms with van der Waals surface area (Å²) in [4.78, 5) is 17.2. The number of nitrogens with one attached hydrogen (secondary N) is 1. The Labute approximate surface area is 140 Å². The molecule has 1 N–H and O–H groups in total. The maximum Gasteiger partial charge on any atom is 0.253 e. The molecule has 0 aromatic carbocycles. The van der Waals surface area contributed by atoms with Crippen LogP contribution in [0.4, 0.5) is 0 Å². The van der Waals surface area contributed by atoms with E-state index in [1.807, 2.05) is 36.9 Å². The van der Waals surface area contributed by atoms with E-state index in [2.05, 4.69) is 34.3 Å². The molecule has 7 heteroatoms. The fourth-order valence-corrected chi connectivity index (χ4v) is 2.71. The molecule has 0 bridgehead atoms. The number of rotatable bonds is 5. The summed E-state index contributed by atoms with van der Waals surface area (Å²) in [7, 11) is 0. The third-order valence-corrected chi connectivity index (χ3v) is 3.89. The molecule has 0 spiro atoms. The van der Waals surface area contributed by atoms with Gasteiger partial charge in [0.25, 0.3) is 5.91 Å². The summed E-state index contributed by atoms with van der Waals surface area (Å²) in [6, 6.07) is 3.91. The zero-order valence-corrected chi connectivity index (χ0v) is 14.4. The summed E-state index contributed by atoms with van der Waals surface area (Å²) in [5.74, 6) is -0.126. The Morgan fingerprint density at radius 3 is 2.75 bits per heavy atom. The van der Waals surface area contributed by atoms with E-state index in [9.17, 15) is 4.79 Å². The Hall–Kier alpha value is -2.70. The van der Waals surface area contributed by atoms with Gasteiger partial charge >= 0.3 is 0 Å². The van der Waals surface area contributed by atoms with E-state index in [0.29, 0.717) is 17.8 Å². The van der Waals surface area contributed by atoms with E-state index >= 15 is 0 Å². The minimum Gasteiger partial charge on any atom is -0.348 e. The van der Waals surface area contributed by atoms with Gasteiger partial charge < -0.3 is 5.32 Å². The molecular weight excluding hydrogens is 304 g/mol. The largest absolute Gasteiger partial charge is 0.348 e. The van der Waals surface area contributed by atoms with Crippen molar-refractivity contribution in [3.05, 3.63) is 42.0 Å². The van der Waals surface area contributed by atoms with Crippen molar-refractivity contribution in [1.29, 1.82) is 0 Å². The van der Waals surface area contributed by atoms with Gasteiger partial charge in [-0.25, -0.2) is 9.67 Å². The van der Waals surface area contributed by atoms with Crippen molar-refractivity contribution < 1.29 is 4.79 Å². The molecule has 0 saturated carbocycles. The highest BCUT2D eigenvalue weighted by Gasteiger charge is 2.17. The van der Waals surface area contributed by atoms with Crippen LogP contribution in [0.2, 0.25) is 0 Å². The maximum atomic E-state index is 12.6. The number of fused-ring (bicyclic) bond motifs is 1. The first-order valence-electron chi connectivity index (χ1n) is 8.09. The summed E-state index contributed by atoms with van der Waals surface area (Å²) >= 11 is 0. The minimum absolute atomic E-state index is 0.0362. The van der Waals surface area contributed by atoms with Crippen LogP contribution in [0.3, 0.4) is 0 Å². The number of carbonyl (C=O) groups is 1. The van der Waals surface area contributed by atoms with Crippen molar-refractivity contribution in [2.45, 2.75) is 46.3 Å². The standard InChI is InChI=1S/C17H22N6O/c1-11(2)23-16-14(9-19-23)8-15(13(4)21-16)17(24)20-12(3)10-22-7-5-6-18-22/h5-9,11-12H,10H2,1-4H3,(H,20,24)/t12-/m0/s1. The minimum atomic E-state index is -0.126. The van der Waals surface area contributed by atoms with Gasteiger partial charge in [0.1, 0.15) is 0 Å². The summed E-state index contributed by atoms with van der Waals surface area (Å²) in [6.45, 7) is 8.54. The number of carbonyl (C=O) groups excluding carboxylic acids is 1. The van der Waals surface area contributed by atoms with Gasteiger partial charge in [-0.2, -0.15) is 10.2 Å². The Balaban J connectivity index is 1.80. The quantitative estimate of drug-likeness (QED) is 0.780. The molecule has 24 heavy (non-hydrogen) atoms. The molecule has 126 valence electrons. The predicted molar refractivity (Wildman–Crippen MR) is 91.8 cm³/mol. The molecule has 3 aromatic heterocycles. The van der Waals surface area contributed by atoms with Crippen LogP contribution in [0.15, 0.2) is 30.7 Å². The summed E-state index contributed by atoms with van der Waals surface area (Å²) in [5, 5.41) is 12.4. The zero-order valence-electron chi connectivity index (χ0n) is 14.4. The number of pyridine rings is 1. The third kappa shape index (κ3) is 3.15. The van der Waals surface area contributed by atoms with Gasteiger partial charge in [-0.15, -0.1) is 0 Å². The van der Waals surface area contributed by atoms with Gasteiger partial charge in [0, 0.05) is 29.9 Å². The zero-order chi connectivity index (χ0) is 17.3. The molecule has 3 rings (SSSR count). The topological polar surface area (TPSA) is 77.6 Å². The number of hydrogen-bond donors (Lipinski definition) is 1. The SMILES string of the molecule is Cc1nc2c(cnn2C(C)C)cc1C(=O)N[C@@H](C)Cn1cccn1. The Bertz CT molecular complexity index is 849. The van der Waals surface area contributed by atoms with Crippen LogP contribution in [-0.2, 0) is 6.54 Å². The fourth-order valence-electron chi connectivity index (χ4n) is 2.71. The lowest BCUT2D eigenvalue weighted by atomic mass is 10.1. The van der Waals surface area contributed by atoms with Crippen LogP contribution >= 0.6 is 0 Å². The average molecular weight is 326 g/mol. The molecule has 0 saturated heterocycles. The Morgan fingerprint density at radius 2 is 2.08 bits per heavy atom. The Morgan fingerprint density at radius 1 is 1.29 bits per heavy atom. The van der Waals surface area contributed by atoms with Gasteiger partial charge in [0.05, 0.1) is 24.0 Å². The van der Waals surface area contributed by atoms with Crippen molar-refractivity contribution in [2.24, 2.45) is 0 Å². The summed E-state index contributed by atoms with van der Waals surface area (Å²) in [6.07, 6.45) is 5.36. The average Bonchev–Trinajstić information content (AvgIpc) is 3.14. The smallest absolute Gasteiger partial charge is 0.253 e. The highest BCUT2D eigenvalue weighted by molar-refractivity contribution is 5.98. The number of amides is 1. The molecule has 0 unspecified atom stereocenters. The van der Waals surface area contributed by atoms with Gasteiger partial charge in [0.15, 0.2) is 5.65 Å². The second kappa shape index (κ2) is 6.43. The van der Waals surface area contributed by atoms with E-state index in [1.54, 1.807) is 17.1 Å². The van der Waals surface area contributed by atoms with Crippen molar-refractivity contribution >= 4 is 16.9 Å². The van der Waals surface area contributed by atoms with Crippen LogP contribution < -0.4 is 5.32 Å². The second-order valence-electron chi connectivity index (χ2n) is 6.32. The third-order valence-electron chi connectivity index (χ3n) is 3.89. The normalized spacial score (nSPS) is 12.7. The number of aryl methyl sites for hydroxylation is 1. The first kappa shape index (κ1) is 16.2. The van der Waals surface area contributed by atoms with Crippen LogP contribution in [0, 0.1) is 6.92 Å². The van der Waals surface area contributed by atoms with Crippen LogP contribution in [0.5, 0.6) is 0 Å². The molecule has 0 radical (unpaired) electrons. The first-order chi connectivity index (χ1) is 11.5. The molecule has 0 aliphatic rings. The molecule has 3 aromatic rings. The van der Waals surface area contributed by atoms with Crippen molar-refractivity contribution in [1.82, 2.24) is 29.9 Å². The molecule has 1 amide bonds. The lowest BCUT2D eigenvalue weighted by molar-refractivity contribution is 0.0935. The molecule has 7 nitrogen and oxygen atoms in total. The predicted octanol–water partition coefficient (Wildman–Crippen LogP) is 2.34. The molecule has 0 fully saturated rings. The van der Waals surface area contributed by atoms with E-state index in [4.69, 9.17) is 0 Å². The maximum absolute atomic E-state index is 12.6. The lowest BCUT2D eigenvalue weighted by Crippen LogP contribution is -2.36. The van der Waals surface area contributed by atoms with Crippen LogP contribution in [-0.4, -0.2) is 36.5 Å². The highest BCUT2D eigenvalue weighted by Crippen LogP contribution is 2.19. The van der Waals surface area contributed by atoms with Crippen molar-refractivity contribution in [2.75, 3.05) is 0 Å². The highest BCUT2D eigenvalue weighted by atomic mass is 16.1. The second-order valence-corrected chi connectivity index (χ2v) is 6.32. The van der Waals surface area contributed by atoms with E-state index in [0.717, 1.165) is 11.0 Å². The first-order valence-corrected chi connectivity index (χ1v) is 8.09. The van der Waals surface area contributed by atoms with E-state index in [1.165, 1.54) is 0 Å². The number of hydrogen-bond acceptors (Lipinski definition) is 4. The number of nitrogens with zero attached hydrogens (tertiary/aromatic N) is 5. The number of aromatic nitrogens is 5. The summed E-state index contributed by atoms with van der Waals surface area (Å²) < 4.78 is 3.66. The van der Waals surface area contributed by atoms with Crippen LogP contribution in [0.1, 0.15) is 42.9 Å². The molecular formula is C17H22N6O. The van der Waals surface area contributed by atoms with Gasteiger partial charge in [0.2, 0.25) is 0 Å². The monoisotopic (exact) mass is 326 g/mol. The van der Waals surface area contributed by atoms with E-state index < -0.39 is 0 Å². The molecule has 1 atom stereocenters. The van der Waals surface area contributed by atoms with Crippen molar-refractivity contribution in [3.63, 3.8) is 0 Å². The lowest BCUT2D eigenvalue weighted by Gasteiger charge is -2.15. The molecule has 0 aliphatic carbocycles. The molecule has 3 heterocycles.